The second-order valence-electron chi connectivity index (χ2n) is 6.93. The first-order valence-corrected chi connectivity index (χ1v) is 9.57. The molecule has 0 saturated carbocycles. The zero-order valence-corrected chi connectivity index (χ0v) is 14.8. The molecule has 0 aliphatic heterocycles. The van der Waals surface area contributed by atoms with Crippen LogP contribution in [0.15, 0.2) is 47.0 Å². The summed E-state index contributed by atoms with van der Waals surface area (Å²) in [7, 11) is -3.41. The molecule has 0 unspecified atom stereocenters. The number of hydrogen-bond acceptors (Lipinski definition) is 5. The molecule has 2 aromatic carbocycles. The number of benzene rings is 2. The maximum absolute atomic E-state index is 12.5. The molecular formula is C18H20N2O3S. The van der Waals surface area contributed by atoms with Crippen LogP contribution in [0.3, 0.4) is 0 Å². The third-order valence-electron chi connectivity index (χ3n) is 3.74. The minimum absolute atomic E-state index is 0.0540. The molecule has 0 fully saturated rings. The standard InChI is InChI=1S/C18H20N2O3S/c1-18(2,3)17-19-16(23-20-17)12-24(21,22)11-14-9-6-8-13-7-4-5-10-15(13)14/h4-10H,11-12H2,1-3H3. The smallest absolute Gasteiger partial charge is 0.241 e. The average Bonchev–Trinajstić information content (AvgIpc) is 2.95. The van der Waals surface area contributed by atoms with Crippen LogP contribution in [0.4, 0.5) is 0 Å². The second kappa shape index (κ2) is 6.02. The fourth-order valence-electron chi connectivity index (χ4n) is 2.51. The van der Waals surface area contributed by atoms with E-state index in [1.54, 1.807) is 0 Å². The van der Waals surface area contributed by atoms with E-state index >= 15 is 0 Å². The molecule has 126 valence electrons. The Morgan fingerprint density at radius 1 is 1.00 bits per heavy atom. The van der Waals surface area contributed by atoms with E-state index < -0.39 is 9.84 Å². The van der Waals surface area contributed by atoms with Crippen molar-refractivity contribution in [3.8, 4) is 0 Å². The van der Waals surface area contributed by atoms with Crippen LogP contribution in [0.1, 0.15) is 38.0 Å². The van der Waals surface area contributed by atoms with E-state index in [0.717, 1.165) is 16.3 Å². The van der Waals surface area contributed by atoms with Crippen LogP contribution in [-0.4, -0.2) is 18.6 Å². The van der Waals surface area contributed by atoms with Crippen LogP contribution in [0.5, 0.6) is 0 Å². The van der Waals surface area contributed by atoms with Gasteiger partial charge in [-0.05, 0) is 16.3 Å². The first-order valence-electron chi connectivity index (χ1n) is 7.75. The lowest BCUT2D eigenvalue weighted by atomic mass is 9.96. The molecule has 0 spiro atoms. The molecule has 0 aliphatic carbocycles. The molecule has 0 aliphatic rings. The van der Waals surface area contributed by atoms with Gasteiger partial charge in [0.15, 0.2) is 15.7 Å². The largest absolute Gasteiger partial charge is 0.338 e. The fraction of sp³-hybridized carbons (Fsp3) is 0.333. The van der Waals surface area contributed by atoms with Crippen molar-refractivity contribution in [2.45, 2.75) is 37.7 Å². The maximum atomic E-state index is 12.5. The number of fused-ring (bicyclic) bond motifs is 1. The molecule has 0 N–H and O–H groups in total. The van der Waals surface area contributed by atoms with Gasteiger partial charge in [-0.25, -0.2) is 8.42 Å². The summed E-state index contributed by atoms with van der Waals surface area (Å²) in [6.07, 6.45) is 0. The van der Waals surface area contributed by atoms with Crippen molar-refractivity contribution in [3.63, 3.8) is 0 Å². The van der Waals surface area contributed by atoms with Crippen molar-refractivity contribution < 1.29 is 12.9 Å². The van der Waals surface area contributed by atoms with Crippen LogP contribution in [0, 0.1) is 0 Å². The van der Waals surface area contributed by atoms with E-state index in [1.807, 2.05) is 63.2 Å². The molecular weight excluding hydrogens is 324 g/mol. The van der Waals surface area contributed by atoms with Gasteiger partial charge in [-0.15, -0.1) is 0 Å². The lowest BCUT2D eigenvalue weighted by Crippen LogP contribution is -2.14. The molecule has 24 heavy (non-hydrogen) atoms. The van der Waals surface area contributed by atoms with Crippen molar-refractivity contribution >= 4 is 20.6 Å². The maximum Gasteiger partial charge on any atom is 0.241 e. The zero-order valence-electron chi connectivity index (χ0n) is 14.0. The molecule has 1 aromatic heterocycles. The van der Waals surface area contributed by atoms with Gasteiger partial charge in [-0.3, -0.25) is 0 Å². The summed E-state index contributed by atoms with van der Waals surface area (Å²) in [4.78, 5) is 4.21. The van der Waals surface area contributed by atoms with Crippen molar-refractivity contribution in [2.75, 3.05) is 0 Å². The van der Waals surface area contributed by atoms with Crippen molar-refractivity contribution in [1.82, 2.24) is 10.1 Å². The number of nitrogens with zero attached hydrogens (tertiary/aromatic N) is 2. The lowest BCUT2D eigenvalue weighted by molar-refractivity contribution is 0.371. The predicted octanol–water partition coefficient (Wildman–Crippen LogP) is 3.64. The van der Waals surface area contributed by atoms with Gasteiger partial charge in [0.25, 0.3) is 0 Å². The van der Waals surface area contributed by atoms with Gasteiger partial charge >= 0.3 is 0 Å². The Balaban J connectivity index is 1.85. The molecule has 5 nitrogen and oxygen atoms in total. The monoisotopic (exact) mass is 344 g/mol. The first-order chi connectivity index (χ1) is 11.2. The highest BCUT2D eigenvalue weighted by Gasteiger charge is 2.24. The molecule has 3 aromatic rings. The highest BCUT2D eigenvalue weighted by molar-refractivity contribution is 7.89. The van der Waals surface area contributed by atoms with Gasteiger partial charge in [0.2, 0.25) is 5.89 Å². The average molecular weight is 344 g/mol. The van der Waals surface area contributed by atoms with E-state index in [-0.39, 0.29) is 22.8 Å². The number of rotatable bonds is 4. The summed E-state index contributed by atoms with van der Waals surface area (Å²) in [5, 5.41) is 5.85. The molecule has 0 saturated heterocycles. The number of aromatic nitrogens is 2. The summed E-state index contributed by atoms with van der Waals surface area (Å²) >= 11 is 0. The third-order valence-corrected chi connectivity index (χ3v) is 5.18. The molecule has 0 amide bonds. The topological polar surface area (TPSA) is 73.1 Å². The minimum Gasteiger partial charge on any atom is -0.338 e. The van der Waals surface area contributed by atoms with Gasteiger partial charge in [-0.2, -0.15) is 4.98 Å². The van der Waals surface area contributed by atoms with Gasteiger partial charge in [0.1, 0.15) is 5.75 Å². The summed E-state index contributed by atoms with van der Waals surface area (Å²) in [5.41, 5.74) is 0.505. The highest BCUT2D eigenvalue weighted by Crippen LogP contribution is 2.23. The predicted molar refractivity (Wildman–Crippen MR) is 93.3 cm³/mol. The molecule has 1 heterocycles. The number of sulfone groups is 1. The molecule has 0 atom stereocenters. The van der Waals surface area contributed by atoms with E-state index in [4.69, 9.17) is 4.52 Å². The summed E-state index contributed by atoms with van der Waals surface area (Å²) in [5.74, 6) is 0.346. The molecule has 0 bridgehead atoms. The van der Waals surface area contributed by atoms with Gasteiger partial charge in [0, 0.05) is 5.41 Å². The van der Waals surface area contributed by atoms with E-state index in [0.29, 0.717) is 5.82 Å². The summed E-state index contributed by atoms with van der Waals surface area (Å²) in [6.45, 7) is 5.85. The van der Waals surface area contributed by atoms with Crippen LogP contribution >= 0.6 is 0 Å². The van der Waals surface area contributed by atoms with E-state index in [1.165, 1.54) is 0 Å². The number of hydrogen-bond donors (Lipinski definition) is 0. The Bertz CT molecular complexity index is 964. The quantitative estimate of drug-likeness (QED) is 0.722. The molecule has 6 heteroatoms. The molecule has 3 rings (SSSR count). The van der Waals surface area contributed by atoms with Crippen molar-refractivity contribution in [1.29, 1.82) is 0 Å². The van der Waals surface area contributed by atoms with Crippen molar-refractivity contribution in [2.24, 2.45) is 0 Å². The highest BCUT2D eigenvalue weighted by atomic mass is 32.2. The summed E-state index contributed by atoms with van der Waals surface area (Å²) in [6, 6.07) is 13.4. The van der Waals surface area contributed by atoms with Crippen molar-refractivity contribution in [3.05, 3.63) is 59.7 Å². The third kappa shape index (κ3) is 3.64. The van der Waals surface area contributed by atoms with Crippen LogP contribution in [-0.2, 0) is 26.8 Å². The van der Waals surface area contributed by atoms with Crippen LogP contribution in [0.2, 0.25) is 0 Å². The van der Waals surface area contributed by atoms with E-state index in [2.05, 4.69) is 10.1 Å². The Morgan fingerprint density at radius 3 is 2.42 bits per heavy atom. The Labute approximate surface area is 141 Å². The fourth-order valence-corrected chi connectivity index (χ4v) is 3.83. The normalized spacial score (nSPS) is 12.6. The van der Waals surface area contributed by atoms with Gasteiger partial charge < -0.3 is 4.52 Å². The lowest BCUT2D eigenvalue weighted by Gasteiger charge is -2.10. The van der Waals surface area contributed by atoms with Gasteiger partial charge in [0.05, 0.1) is 5.75 Å². The second-order valence-corrected chi connectivity index (χ2v) is 9.00. The van der Waals surface area contributed by atoms with Crippen LogP contribution in [0.25, 0.3) is 10.8 Å². The first kappa shape index (κ1) is 16.6. The Hall–Kier alpha value is -2.21. The van der Waals surface area contributed by atoms with Crippen LogP contribution < -0.4 is 0 Å². The summed E-state index contributed by atoms with van der Waals surface area (Å²) < 4.78 is 30.2. The minimum atomic E-state index is -3.41. The van der Waals surface area contributed by atoms with E-state index in [9.17, 15) is 8.42 Å². The Kier molecular flexibility index (Phi) is 4.17. The Morgan fingerprint density at radius 2 is 1.71 bits per heavy atom. The SMILES string of the molecule is CC(C)(C)c1noc(CS(=O)(=O)Cc2cccc3ccccc23)n1. The zero-order chi connectivity index (χ0) is 17.4. The molecule has 0 radical (unpaired) electrons. The van der Waals surface area contributed by atoms with Gasteiger partial charge in [-0.1, -0.05) is 68.4 Å².